The minimum absolute atomic E-state index is 0.0356. The summed E-state index contributed by atoms with van der Waals surface area (Å²) in [6.07, 6.45) is 1.92. The molecule has 0 radical (unpaired) electrons. The molecule has 2 aliphatic heterocycles. The number of ether oxygens (including phenoxy) is 1. The van der Waals surface area contributed by atoms with Gasteiger partial charge in [0.15, 0.2) is 11.6 Å². The van der Waals surface area contributed by atoms with Crippen LogP contribution in [0, 0.1) is 13.8 Å². The molecule has 6 heteroatoms. The first-order valence-electron chi connectivity index (χ1n) is 10.7. The highest BCUT2D eigenvalue weighted by molar-refractivity contribution is 6.30. The molecule has 0 atom stereocenters. The van der Waals surface area contributed by atoms with Crippen molar-refractivity contribution in [1.29, 1.82) is 0 Å². The van der Waals surface area contributed by atoms with Crippen LogP contribution in [0.2, 0.25) is 5.02 Å². The number of hydrogen-bond acceptors (Lipinski definition) is 4. The Balaban J connectivity index is 1.35. The second-order valence-electron chi connectivity index (χ2n) is 8.65. The molecule has 1 amide bonds. The number of halogens is 1. The summed E-state index contributed by atoms with van der Waals surface area (Å²) < 4.78 is 6.39. The van der Waals surface area contributed by atoms with Gasteiger partial charge in [-0.05, 0) is 55.3 Å². The number of benzene rings is 2. The van der Waals surface area contributed by atoms with Crippen molar-refractivity contribution in [2.45, 2.75) is 51.6 Å². The normalized spacial score (nSPS) is 17.3. The summed E-state index contributed by atoms with van der Waals surface area (Å²) in [5, 5.41) is 0.575. The minimum atomic E-state index is -0.542. The van der Waals surface area contributed by atoms with Crippen molar-refractivity contribution in [3.05, 3.63) is 63.7 Å². The fourth-order valence-electron chi connectivity index (χ4n) is 4.54. The predicted octanol–water partition coefficient (Wildman–Crippen LogP) is 4.95. The van der Waals surface area contributed by atoms with Crippen LogP contribution in [0.15, 0.2) is 36.4 Å². The van der Waals surface area contributed by atoms with E-state index in [1.807, 2.05) is 26.0 Å². The predicted molar refractivity (Wildman–Crippen MR) is 119 cm³/mol. The summed E-state index contributed by atoms with van der Waals surface area (Å²) in [5.74, 6) is 0.699. The van der Waals surface area contributed by atoms with E-state index < -0.39 is 5.60 Å². The Kier molecular flexibility index (Phi) is 5.89. The Hall–Kier alpha value is -2.66. The monoisotopic (exact) mass is 439 g/mol. The second kappa shape index (κ2) is 8.46. The van der Waals surface area contributed by atoms with Gasteiger partial charge in [-0.1, -0.05) is 17.7 Å². The van der Waals surface area contributed by atoms with Gasteiger partial charge in [0, 0.05) is 49.4 Å². The topological polar surface area (TPSA) is 63.7 Å². The first-order chi connectivity index (χ1) is 14.8. The number of piperidine rings is 1. The standard InChI is InChI=1S/C25H26ClNO4/c1-16-13-17(2)24-20(14-16)22(29)15-25(31-24)9-11-27(12-10-25)23(30)8-7-21(28)18-3-5-19(26)6-4-18/h3-6,13-14H,7-12,15H2,1-2H3. The third-order valence-corrected chi connectivity index (χ3v) is 6.53. The van der Waals surface area contributed by atoms with E-state index in [2.05, 4.69) is 0 Å². The number of likely N-dealkylation sites (tertiary alicyclic amines) is 1. The molecule has 2 heterocycles. The van der Waals surface area contributed by atoms with Crippen LogP contribution in [0.3, 0.4) is 0 Å². The molecule has 0 saturated carbocycles. The van der Waals surface area contributed by atoms with Crippen molar-refractivity contribution >= 4 is 29.1 Å². The Morgan fingerprint density at radius 2 is 1.74 bits per heavy atom. The highest BCUT2D eigenvalue weighted by atomic mass is 35.5. The number of rotatable bonds is 4. The van der Waals surface area contributed by atoms with Gasteiger partial charge in [-0.15, -0.1) is 0 Å². The molecular weight excluding hydrogens is 414 g/mol. The lowest BCUT2D eigenvalue weighted by Gasteiger charge is -2.44. The average molecular weight is 440 g/mol. The summed E-state index contributed by atoms with van der Waals surface area (Å²) in [6.45, 7) is 5.00. The van der Waals surface area contributed by atoms with Gasteiger partial charge in [0.2, 0.25) is 5.91 Å². The van der Waals surface area contributed by atoms with E-state index in [1.54, 1.807) is 29.2 Å². The molecule has 0 unspecified atom stereocenters. The first-order valence-corrected chi connectivity index (χ1v) is 11.0. The molecule has 4 rings (SSSR count). The van der Waals surface area contributed by atoms with E-state index in [-0.39, 0.29) is 30.3 Å². The van der Waals surface area contributed by atoms with Crippen molar-refractivity contribution in [2.75, 3.05) is 13.1 Å². The Labute approximate surface area is 187 Å². The van der Waals surface area contributed by atoms with Gasteiger partial charge in [-0.2, -0.15) is 0 Å². The number of hydrogen-bond donors (Lipinski definition) is 0. The fraction of sp³-hybridized carbons (Fsp3) is 0.400. The van der Waals surface area contributed by atoms with E-state index in [1.165, 1.54) is 0 Å². The van der Waals surface area contributed by atoms with Gasteiger partial charge >= 0.3 is 0 Å². The van der Waals surface area contributed by atoms with Crippen molar-refractivity contribution in [1.82, 2.24) is 4.90 Å². The molecule has 2 aliphatic rings. The number of aryl methyl sites for hydroxylation is 2. The van der Waals surface area contributed by atoms with E-state index in [0.717, 1.165) is 11.1 Å². The zero-order valence-electron chi connectivity index (χ0n) is 17.9. The third kappa shape index (κ3) is 4.52. The van der Waals surface area contributed by atoms with Gasteiger partial charge in [0.05, 0.1) is 12.0 Å². The maximum Gasteiger partial charge on any atom is 0.223 e. The van der Waals surface area contributed by atoms with E-state index in [0.29, 0.717) is 54.3 Å². The molecular formula is C25H26ClNO4. The van der Waals surface area contributed by atoms with E-state index in [4.69, 9.17) is 16.3 Å². The number of carbonyl (C=O) groups is 3. The van der Waals surface area contributed by atoms with Gasteiger partial charge in [0.1, 0.15) is 11.4 Å². The molecule has 5 nitrogen and oxygen atoms in total. The van der Waals surface area contributed by atoms with Gasteiger partial charge in [0.25, 0.3) is 0 Å². The summed E-state index contributed by atoms with van der Waals surface area (Å²) in [4.78, 5) is 39.6. The largest absolute Gasteiger partial charge is 0.486 e. The zero-order chi connectivity index (χ0) is 22.2. The lowest BCUT2D eigenvalue weighted by molar-refractivity contribution is -0.134. The number of Topliss-reactive ketones (excluding diaryl/α,β-unsaturated/α-hetero) is 2. The van der Waals surface area contributed by atoms with Crippen LogP contribution in [0.4, 0.5) is 0 Å². The third-order valence-electron chi connectivity index (χ3n) is 6.28. The summed E-state index contributed by atoms with van der Waals surface area (Å²) >= 11 is 5.86. The summed E-state index contributed by atoms with van der Waals surface area (Å²) in [6, 6.07) is 10.6. The second-order valence-corrected chi connectivity index (χ2v) is 9.09. The van der Waals surface area contributed by atoms with Crippen LogP contribution in [-0.2, 0) is 4.79 Å². The summed E-state index contributed by atoms with van der Waals surface area (Å²) in [7, 11) is 0. The quantitative estimate of drug-likeness (QED) is 0.632. The molecule has 1 spiro atoms. The Morgan fingerprint density at radius 3 is 2.42 bits per heavy atom. The zero-order valence-corrected chi connectivity index (χ0v) is 18.6. The highest BCUT2D eigenvalue weighted by Crippen LogP contribution is 2.41. The minimum Gasteiger partial charge on any atom is -0.486 e. The molecule has 0 bridgehead atoms. The SMILES string of the molecule is Cc1cc(C)c2c(c1)C(=O)CC1(CCN(C(=O)CCC(=O)c3ccc(Cl)cc3)CC1)O2. The Morgan fingerprint density at radius 1 is 1.06 bits per heavy atom. The van der Waals surface area contributed by atoms with Crippen molar-refractivity contribution in [3.8, 4) is 5.75 Å². The van der Waals surface area contributed by atoms with E-state index >= 15 is 0 Å². The van der Waals surface area contributed by atoms with Crippen LogP contribution in [0.25, 0.3) is 0 Å². The van der Waals surface area contributed by atoms with Crippen molar-refractivity contribution in [3.63, 3.8) is 0 Å². The molecule has 31 heavy (non-hydrogen) atoms. The smallest absolute Gasteiger partial charge is 0.223 e. The fourth-order valence-corrected chi connectivity index (χ4v) is 4.66. The lowest BCUT2D eigenvalue weighted by Crippen LogP contribution is -2.52. The number of carbonyl (C=O) groups excluding carboxylic acids is 3. The molecule has 162 valence electrons. The van der Waals surface area contributed by atoms with Crippen LogP contribution in [-0.4, -0.2) is 41.1 Å². The van der Waals surface area contributed by atoms with Crippen LogP contribution in [0.5, 0.6) is 5.75 Å². The van der Waals surface area contributed by atoms with Gasteiger partial charge in [-0.25, -0.2) is 0 Å². The number of amides is 1. The maximum atomic E-state index is 12.8. The van der Waals surface area contributed by atoms with E-state index in [9.17, 15) is 14.4 Å². The molecule has 2 aromatic rings. The number of ketones is 2. The van der Waals surface area contributed by atoms with Crippen molar-refractivity contribution in [2.24, 2.45) is 0 Å². The van der Waals surface area contributed by atoms with Crippen LogP contribution < -0.4 is 4.74 Å². The average Bonchev–Trinajstić information content (AvgIpc) is 2.74. The molecule has 0 aliphatic carbocycles. The first kappa shape index (κ1) is 21.6. The van der Waals surface area contributed by atoms with Crippen LogP contribution in [0.1, 0.15) is 63.9 Å². The van der Waals surface area contributed by atoms with Gasteiger partial charge in [-0.3, -0.25) is 14.4 Å². The van der Waals surface area contributed by atoms with Crippen molar-refractivity contribution < 1.29 is 19.1 Å². The highest BCUT2D eigenvalue weighted by Gasteiger charge is 2.44. The molecule has 0 aromatic heterocycles. The molecule has 1 fully saturated rings. The van der Waals surface area contributed by atoms with Gasteiger partial charge < -0.3 is 9.64 Å². The number of fused-ring (bicyclic) bond motifs is 1. The molecule has 2 aromatic carbocycles. The maximum absolute atomic E-state index is 12.8. The molecule has 0 N–H and O–H groups in total. The summed E-state index contributed by atoms with van der Waals surface area (Å²) in [5.41, 5.74) is 2.72. The lowest BCUT2D eigenvalue weighted by atomic mass is 9.81. The Bertz CT molecular complexity index is 1040. The molecule has 1 saturated heterocycles. The van der Waals surface area contributed by atoms with Crippen LogP contribution >= 0.6 is 11.6 Å². The number of nitrogens with zero attached hydrogens (tertiary/aromatic N) is 1.